The summed E-state index contributed by atoms with van der Waals surface area (Å²) in [5, 5.41) is 2.87. The molecule has 0 saturated carbocycles. The number of halogens is 1. The van der Waals surface area contributed by atoms with Gasteiger partial charge in [-0.3, -0.25) is 9.10 Å². The maximum atomic E-state index is 13.1. The number of benzene rings is 3. The first-order valence-electron chi connectivity index (χ1n) is 9.42. The normalized spacial score (nSPS) is 12.2. The number of carbonyl (C=O) groups excluding carboxylic acids is 1. The quantitative estimate of drug-likeness (QED) is 0.613. The van der Waals surface area contributed by atoms with Crippen LogP contribution in [0.5, 0.6) is 0 Å². The highest BCUT2D eigenvalue weighted by Gasteiger charge is 2.18. The molecule has 3 aromatic rings. The summed E-state index contributed by atoms with van der Waals surface area (Å²) in [4.78, 5) is 12.5. The van der Waals surface area contributed by atoms with Gasteiger partial charge in [-0.1, -0.05) is 42.5 Å². The summed E-state index contributed by atoms with van der Waals surface area (Å²) in [7, 11) is -3.46. The van der Waals surface area contributed by atoms with Crippen molar-refractivity contribution in [1.29, 1.82) is 0 Å². The molecule has 0 bridgehead atoms. The summed E-state index contributed by atoms with van der Waals surface area (Å²) in [6.07, 6.45) is 1.17. The molecular weight excluding hydrogens is 403 g/mol. The van der Waals surface area contributed by atoms with Crippen molar-refractivity contribution in [2.24, 2.45) is 0 Å². The van der Waals surface area contributed by atoms with E-state index in [0.29, 0.717) is 11.3 Å². The van der Waals surface area contributed by atoms with Crippen molar-refractivity contribution in [3.63, 3.8) is 0 Å². The van der Waals surface area contributed by atoms with Crippen LogP contribution in [0.4, 0.5) is 10.1 Å². The lowest BCUT2D eigenvalue weighted by atomic mass is 10.1. The molecule has 0 fully saturated rings. The number of carbonyl (C=O) groups is 1. The van der Waals surface area contributed by atoms with E-state index in [9.17, 15) is 17.6 Å². The molecule has 1 atom stereocenters. The number of para-hydroxylation sites is 1. The molecule has 0 aliphatic rings. The fraction of sp³-hybridized carbons (Fsp3) is 0.174. The van der Waals surface area contributed by atoms with E-state index >= 15 is 0 Å². The number of nitrogens with one attached hydrogen (secondary N) is 1. The summed E-state index contributed by atoms with van der Waals surface area (Å²) < 4.78 is 38.8. The third-order valence-corrected chi connectivity index (χ3v) is 5.85. The summed E-state index contributed by atoms with van der Waals surface area (Å²) in [6, 6.07) is 21.3. The van der Waals surface area contributed by atoms with E-state index in [2.05, 4.69) is 5.32 Å². The van der Waals surface area contributed by atoms with Gasteiger partial charge in [-0.25, -0.2) is 12.8 Å². The van der Waals surface area contributed by atoms with Gasteiger partial charge in [0, 0.05) is 5.56 Å². The average molecular weight is 427 g/mol. The predicted octanol–water partition coefficient (Wildman–Crippen LogP) is 4.28. The van der Waals surface area contributed by atoms with E-state index in [0.717, 1.165) is 11.1 Å². The molecule has 0 aliphatic carbocycles. The molecule has 5 nitrogen and oxygen atoms in total. The fourth-order valence-electron chi connectivity index (χ4n) is 3.04. The van der Waals surface area contributed by atoms with Gasteiger partial charge in [-0.05, 0) is 54.4 Å². The second kappa shape index (κ2) is 9.09. The van der Waals surface area contributed by atoms with Gasteiger partial charge in [-0.15, -0.1) is 0 Å². The Kier molecular flexibility index (Phi) is 6.52. The highest BCUT2D eigenvalue weighted by molar-refractivity contribution is 7.92. The summed E-state index contributed by atoms with van der Waals surface area (Å²) in [5.41, 5.74) is 2.59. The van der Waals surface area contributed by atoms with Crippen LogP contribution in [0.2, 0.25) is 0 Å². The highest BCUT2D eigenvalue weighted by atomic mass is 32.2. The molecule has 3 rings (SSSR count). The smallest absolute Gasteiger partial charge is 0.251 e. The van der Waals surface area contributed by atoms with Crippen molar-refractivity contribution in [1.82, 2.24) is 5.32 Å². The third kappa shape index (κ3) is 5.45. The van der Waals surface area contributed by atoms with Gasteiger partial charge in [0.15, 0.2) is 0 Å². The lowest BCUT2D eigenvalue weighted by Crippen LogP contribution is -2.29. The summed E-state index contributed by atoms with van der Waals surface area (Å²) >= 11 is 0. The molecule has 3 aromatic carbocycles. The van der Waals surface area contributed by atoms with Crippen molar-refractivity contribution in [2.75, 3.05) is 10.6 Å². The summed E-state index contributed by atoms with van der Waals surface area (Å²) in [6.45, 7) is 1.99. The van der Waals surface area contributed by atoms with Crippen LogP contribution in [0, 0.1) is 5.82 Å². The Morgan fingerprint density at radius 3 is 2.13 bits per heavy atom. The van der Waals surface area contributed by atoms with Crippen LogP contribution < -0.4 is 9.62 Å². The second-order valence-electron chi connectivity index (χ2n) is 7.05. The van der Waals surface area contributed by atoms with Gasteiger partial charge in [-0.2, -0.15) is 0 Å². The number of amides is 1. The minimum absolute atomic E-state index is 0.163. The first-order chi connectivity index (χ1) is 14.2. The molecule has 156 valence electrons. The Bertz CT molecular complexity index is 1100. The first kappa shape index (κ1) is 21.5. The maximum Gasteiger partial charge on any atom is 0.251 e. The molecule has 30 heavy (non-hydrogen) atoms. The van der Waals surface area contributed by atoms with E-state index in [4.69, 9.17) is 0 Å². The van der Waals surface area contributed by atoms with Crippen molar-refractivity contribution in [2.45, 2.75) is 19.5 Å². The Hall–Kier alpha value is -3.19. The van der Waals surface area contributed by atoms with Gasteiger partial charge in [0.25, 0.3) is 5.91 Å². The average Bonchev–Trinajstić information content (AvgIpc) is 2.72. The monoisotopic (exact) mass is 426 g/mol. The van der Waals surface area contributed by atoms with Crippen molar-refractivity contribution < 1.29 is 17.6 Å². The van der Waals surface area contributed by atoms with Crippen LogP contribution in [0.15, 0.2) is 78.9 Å². The van der Waals surface area contributed by atoms with Crippen LogP contribution in [0.3, 0.4) is 0 Å². The zero-order chi connectivity index (χ0) is 21.7. The molecular formula is C23H23FN2O3S. The molecule has 0 saturated heterocycles. The molecule has 1 N–H and O–H groups in total. The minimum Gasteiger partial charge on any atom is -0.346 e. The van der Waals surface area contributed by atoms with Gasteiger partial charge in [0.05, 0.1) is 24.5 Å². The molecule has 0 spiro atoms. The van der Waals surface area contributed by atoms with Crippen LogP contribution in [-0.4, -0.2) is 20.6 Å². The Labute approximate surface area is 176 Å². The van der Waals surface area contributed by atoms with Gasteiger partial charge >= 0.3 is 0 Å². The zero-order valence-electron chi connectivity index (χ0n) is 16.7. The SMILES string of the molecule is C[C@H](NC(=O)c1ccc(CN(c2ccccc2)S(C)(=O)=O)cc1)c1ccc(F)cc1. The zero-order valence-corrected chi connectivity index (χ0v) is 17.6. The Morgan fingerprint density at radius 1 is 0.967 bits per heavy atom. The molecule has 0 aliphatic heterocycles. The van der Waals surface area contributed by atoms with E-state index in [1.54, 1.807) is 60.7 Å². The number of nitrogens with zero attached hydrogens (tertiary/aromatic N) is 1. The van der Waals surface area contributed by atoms with Crippen molar-refractivity contribution >= 4 is 21.6 Å². The van der Waals surface area contributed by atoms with E-state index in [1.165, 1.54) is 22.7 Å². The van der Waals surface area contributed by atoms with E-state index < -0.39 is 10.0 Å². The lowest BCUT2D eigenvalue weighted by Gasteiger charge is -2.22. The summed E-state index contributed by atoms with van der Waals surface area (Å²) in [5.74, 6) is -0.590. The Morgan fingerprint density at radius 2 is 1.57 bits per heavy atom. The van der Waals surface area contributed by atoms with Gasteiger partial charge in [0.1, 0.15) is 5.82 Å². The topological polar surface area (TPSA) is 66.5 Å². The standard InChI is InChI=1S/C23H23FN2O3S/c1-17(19-12-14-21(24)15-13-19)25-23(27)20-10-8-18(9-11-20)16-26(30(2,28)29)22-6-4-3-5-7-22/h3-15,17H,16H2,1-2H3,(H,25,27)/t17-/m0/s1. The number of anilines is 1. The van der Waals surface area contributed by atoms with Gasteiger partial charge in [0.2, 0.25) is 10.0 Å². The van der Waals surface area contributed by atoms with Crippen molar-refractivity contribution in [3.8, 4) is 0 Å². The number of hydrogen-bond donors (Lipinski definition) is 1. The predicted molar refractivity (Wildman–Crippen MR) is 116 cm³/mol. The molecule has 0 heterocycles. The second-order valence-corrected chi connectivity index (χ2v) is 8.96. The van der Waals surface area contributed by atoms with E-state index in [-0.39, 0.29) is 24.3 Å². The third-order valence-electron chi connectivity index (χ3n) is 4.70. The largest absolute Gasteiger partial charge is 0.346 e. The van der Waals surface area contributed by atoms with Crippen molar-refractivity contribution in [3.05, 3.63) is 101 Å². The number of rotatable bonds is 7. The molecule has 7 heteroatoms. The van der Waals surface area contributed by atoms with Gasteiger partial charge < -0.3 is 5.32 Å². The fourth-order valence-corrected chi connectivity index (χ4v) is 3.92. The van der Waals surface area contributed by atoms with Crippen LogP contribution in [0.25, 0.3) is 0 Å². The number of hydrogen-bond acceptors (Lipinski definition) is 3. The molecule has 0 radical (unpaired) electrons. The minimum atomic E-state index is -3.46. The van der Waals surface area contributed by atoms with Crippen LogP contribution in [-0.2, 0) is 16.6 Å². The maximum absolute atomic E-state index is 13.1. The highest BCUT2D eigenvalue weighted by Crippen LogP contribution is 2.20. The molecule has 1 amide bonds. The molecule has 0 unspecified atom stereocenters. The first-order valence-corrected chi connectivity index (χ1v) is 11.3. The van der Waals surface area contributed by atoms with E-state index in [1.807, 2.05) is 13.0 Å². The molecule has 0 aromatic heterocycles. The van der Waals surface area contributed by atoms with Crippen LogP contribution >= 0.6 is 0 Å². The lowest BCUT2D eigenvalue weighted by molar-refractivity contribution is 0.0940. The number of sulfonamides is 1. The Balaban J connectivity index is 1.70. The van der Waals surface area contributed by atoms with Crippen LogP contribution in [0.1, 0.15) is 34.5 Å².